The molecule has 2 atom stereocenters. The van der Waals surface area contributed by atoms with E-state index >= 15 is 0 Å². The van der Waals surface area contributed by atoms with Gasteiger partial charge < -0.3 is 14.8 Å². The summed E-state index contributed by atoms with van der Waals surface area (Å²) in [4.78, 5) is 25.6. The van der Waals surface area contributed by atoms with E-state index in [4.69, 9.17) is 9.47 Å². The zero-order chi connectivity index (χ0) is 17.7. The number of carbonyl (C=O) groups excluding carboxylic acids is 2. The normalized spacial score (nSPS) is 18.5. The van der Waals surface area contributed by atoms with Crippen LogP contribution in [0.4, 0.5) is 4.79 Å². The van der Waals surface area contributed by atoms with Gasteiger partial charge in [-0.2, -0.15) is 0 Å². The first-order valence-electron chi connectivity index (χ1n) is 8.32. The fourth-order valence-corrected chi connectivity index (χ4v) is 3.02. The molecule has 3 amide bonds. The Labute approximate surface area is 143 Å². The number of ether oxygens (including phenoxy) is 2. The molecule has 2 rings (SSSR count). The summed E-state index contributed by atoms with van der Waals surface area (Å²) < 4.78 is 10.5. The van der Waals surface area contributed by atoms with Crippen LogP contribution < -0.4 is 14.8 Å². The van der Waals surface area contributed by atoms with Crippen LogP contribution in [0, 0.1) is 5.92 Å². The van der Waals surface area contributed by atoms with Crippen LogP contribution in [-0.2, 0) is 11.2 Å². The van der Waals surface area contributed by atoms with Crippen molar-refractivity contribution in [3.05, 3.63) is 23.8 Å². The van der Waals surface area contributed by atoms with Gasteiger partial charge in [-0.25, -0.2) is 4.79 Å². The lowest BCUT2D eigenvalue weighted by Crippen LogP contribution is -2.35. The number of imide groups is 1. The second-order valence-corrected chi connectivity index (χ2v) is 6.24. The number of carbonyl (C=O) groups is 2. The lowest BCUT2D eigenvalue weighted by atomic mass is 10.00. The first-order chi connectivity index (χ1) is 11.5. The van der Waals surface area contributed by atoms with Gasteiger partial charge >= 0.3 is 6.03 Å². The molecule has 1 N–H and O–H groups in total. The Bertz CT molecular complexity index is 603. The fourth-order valence-electron chi connectivity index (χ4n) is 3.02. The van der Waals surface area contributed by atoms with E-state index in [-0.39, 0.29) is 23.9 Å². The number of nitrogens with zero attached hydrogens (tertiary/aromatic N) is 1. The predicted molar refractivity (Wildman–Crippen MR) is 91.4 cm³/mol. The van der Waals surface area contributed by atoms with Gasteiger partial charge in [0, 0.05) is 6.54 Å². The summed E-state index contributed by atoms with van der Waals surface area (Å²) in [6, 6.07) is 5.13. The maximum absolute atomic E-state index is 12.3. The molecular formula is C18H26N2O4. The van der Waals surface area contributed by atoms with Crippen LogP contribution >= 0.6 is 0 Å². The third-order valence-corrected chi connectivity index (χ3v) is 4.21. The van der Waals surface area contributed by atoms with Crippen molar-refractivity contribution in [3.8, 4) is 11.5 Å². The molecule has 0 spiro atoms. The summed E-state index contributed by atoms with van der Waals surface area (Å²) in [5.74, 6) is 1.41. The first kappa shape index (κ1) is 18.1. The van der Waals surface area contributed by atoms with Crippen molar-refractivity contribution in [2.75, 3.05) is 20.8 Å². The molecular weight excluding hydrogens is 308 g/mol. The maximum Gasteiger partial charge on any atom is 0.324 e. The van der Waals surface area contributed by atoms with Gasteiger partial charge in [-0.3, -0.25) is 9.69 Å². The van der Waals surface area contributed by atoms with Crippen molar-refractivity contribution in [1.82, 2.24) is 10.2 Å². The lowest BCUT2D eigenvalue weighted by Gasteiger charge is -2.19. The third-order valence-electron chi connectivity index (χ3n) is 4.21. The Kier molecular flexibility index (Phi) is 6.06. The molecule has 0 saturated carbocycles. The Morgan fingerprint density at radius 3 is 2.54 bits per heavy atom. The molecule has 1 aliphatic rings. The van der Waals surface area contributed by atoms with E-state index < -0.39 is 0 Å². The standard InChI is InChI=1S/C18H26N2O4/c1-5-6-14-17(21)20(18(22)19-14)11-12(2)9-13-7-8-15(23-3)16(10-13)24-4/h7-8,10,12,14H,5-6,9,11H2,1-4H3,(H,19,22)/t12-,14-/m1/s1. The highest BCUT2D eigenvalue weighted by Crippen LogP contribution is 2.28. The molecule has 132 valence electrons. The van der Waals surface area contributed by atoms with E-state index in [1.807, 2.05) is 32.0 Å². The number of amides is 3. The van der Waals surface area contributed by atoms with Gasteiger partial charge in [0.1, 0.15) is 6.04 Å². The monoisotopic (exact) mass is 334 g/mol. The molecule has 6 nitrogen and oxygen atoms in total. The number of benzene rings is 1. The molecule has 1 heterocycles. The average Bonchev–Trinajstić information content (AvgIpc) is 2.82. The van der Waals surface area contributed by atoms with Crippen LogP contribution in [0.2, 0.25) is 0 Å². The summed E-state index contributed by atoms with van der Waals surface area (Å²) in [6.07, 6.45) is 2.30. The van der Waals surface area contributed by atoms with Crippen molar-refractivity contribution < 1.29 is 19.1 Å². The van der Waals surface area contributed by atoms with E-state index in [0.29, 0.717) is 24.5 Å². The van der Waals surface area contributed by atoms with E-state index in [1.54, 1.807) is 14.2 Å². The summed E-state index contributed by atoms with van der Waals surface area (Å²) in [6.45, 7) is 4.45. The maximum atomic E-state index is 12.3. The molecule has 0 unspecified atom stereocenters. The number of methoxy groups -OCH3 is 2. The first-order valence-corrected chi connectivity index (χ1v) is 8.32. The minimum Gasteiger partial charge on any atom is -0.493 e. The fraction of sp³-hybridized carbons (Fsp3) is 0.556. The zero-order valence-corrected chi connectivity index (χ0v) is 14.8. The van der Waals surface area contributed by atoms with Gasteiger partial charge in [-0.05, 0) is 36.5 Å². The van der Waals surface area contributed by atoms with E-state index in [2.05, 4.69) is 5.32 Å². The minimum atomic E-state index is -0.365. The summed E-state index contributed by atoms with van der Waals surface area (Å²) >= 11 is 0. The molecule has 1 saturated heterocycles. The predicted octanol–water partition coefficient (Wildman–Crippen LogP) is 2.60. The summed E-state index contributed by atoms with van der Waals surface area (Å²) in [5.41, 5.74) is 1.08. The lowest BCUT2D eigenvalue weighted by molar-refractivity contribution is -0.128. The highest BCUT2D eigenvalue weighted by molar-refractivity contribution is 6.04. The van der Waals surface area contributed by atoms with Gasteiger partial charge in [0.25, 0.3) is 5.91 Å². The van der Waals surface area contributed by atoms with Crippen LogP contribution in [0.15, 0.2) is 18.2 Å². The molecule has 6 heteroatoms. The van der Waals surface area contributed by atoms with Crippen molar-refractivity contribution in [2.45, 2.75) is 39.2 Å². The van der Waals surface area contributed by atoms with Crippen molar-refractivity contribution in [1.29, 1.82) is 0 Å². The molecule has 1 aromatic rings. The number of hydrogen-bond donors (Lipinski definition) is 1. The third kappa shape index (κ3) is 3.99. The smallest absolute Gasteiger partial charge is 0.324 e. The molecule has 1 aromatic carbocycles. The molecule has 24 heavy (non-hydrogen) atoms. The Morgan fingerprint density at radius 2 is 1.92 bits per heavy atom. The van der Waals surface area contributed by atoms with Crippen LogP contribution in [0.3, 0.4) is 0 Å². The minimum absolute atomic E-state index is 0.110. The number of hydrogen-bond acceptors (Lipinski definition) is 4. The SMILES string of the molecule is CCC[C@H]1NC(=O)N(C[C@H](C)Cc2ccc(OC)c(OC)c2)C1=O. The summed E-state index contributed by atoms with van der Waals surface area (Å²) in [5, 5.41) is 2.76. The van der Waals surface area contributed by atoms with Crippen LogP contribution in [0.25, 0.3) is 0 Å². The molecule has 0 aliphatic carbocycles. The highest BCUT2D eigenvalue weighted by atomic mass is 16.5. The molecule has 1 aliphatic heterocycles. The zero-order valence-electron chi connectivity index (χ0n) is 14.8. The largest absolute Gasteiger partial charge is 0.493 e. The molecule has 0 radical (unpaired) electrons. The van der Waals surface area contributed by atoms with Crippen LogP contribution in [-0.4, -0.2) is 43.6 Å². The van der Waals surface area contributed by atoms with Crippen molar-refractivity contribution >= 4 is 11.9 Å². The highest BCUT2D eigenvalue weighted by Gasteiger charge is 2.37. The van der Waals surface area contributed by atoms with Crippen LogP contribution in [0.1, 0.15) is 32.3 Å². The summed E-state index contributed by atoms with van der Waals surface area (Å²) in [7, 11) is 3.20. The molecule has 0 aromatic heterocycles. The van der Waals surface area contributed by atoms with Crippen molar-refractivity contribution in [2.24, 2.45) is 5.92 Å². The van der Waals surface area contributed by atoms with Crippen LogP contribution in [0.5, 0.6) is 11.5 Å². The Balaban J connectivity index is 1.99. The van der Waals surface area contributed by atoms with E-state index in [9.17, 15) is 9.59 Å². The molecule has 1 fully saturated rings. The second-order valence-electron chi connectivity index (χ2n) is 6.24. The quantitative estimate of drug-likeness (QED) is 0.742. The van der Waals surface area contributed by atoms with Gasteiger partial charge in [-0.15, -0.1) is 0 Å². The van der Waals surface area contributed by atoms with Gasteiger partial charge in [0.15, 0.2) is 11.5 Å². The Morgan fingerprint density at radius 1 is 1.21 bits per heavy atom. The van der Waals surface area contributed by atoms with Crippen molar-refractivity contribution in [3.63, 3.8) is 0 Å². The van der Waals surface area contributed by atoms with E-state index in [0.717, 1.165) is 18.4 Å². The number of rotatable bonds is 8. The van der Waals surface area contributed by atoms with Gasteiger partial charge in [0.05, 0.1) is 14.2 Å². The Hall–Kier alpha value is -2.24. The number of urea groups is 1. The van der Waals surface area contributed by atoms with Gasteiger partial charge in [0.2, 0.25) is 0 Å². The number of nitrogens with one attached hydrogen (secondary N) is 1. The van der Waals surface area contributed by atoms with Gasteiger partial charge in [-0.1, -0.05) is 26.3 Å². The van der Waals surface area contributed by atoms with E-state index in [1.165, 1.54) is 4.90 Å². The molecule has 0 bridgehead atoms. The topological polar surface area (TPSA) is 67.9 Å². The average molecular weight is 334 g/mol. The second kappa shape index (κ2) is 8.04.